The van der Waals surface area contributed by atoms with Crippen molar-refractivity contribution in [3.05, 3.63) is 12.1 Å². The Morgan fingerprint density at radius 1 is 0.929 bits per heavy atom. The van der Waals surface area contributed by atoms with Gasteiger partial charge in [0.15, 0.2) is 0 Å². The molecule has 0 saturated carbocycles. The zero-order chi connectivity index (χ0) is 10.6. The molecule has 0 saturated heterocycles. The smallest absolute Gasteiger partial charge is 0.144 e. The lowest BCUT2D eigenvalue weighted by atomic mass is 10.2. The highest BCUT2D eigenvalue weighted by Crippen LogP contribution is 2.35. The summed E-state index contributed by atoms with van der Waals surface area (Å²) in [6.45, 7) is 4.92. The Morgan fingerprint density at radius 2 is 1.29 bits per heavy atom. The maximum absolute atomic E-state index is 5.77. The fourth-order valence-electron chi connectivity index (χ4n) is 1.16. The molecule has 4 N–H and O–H groups in total. The van der Waals surface area contributed by atoms with Crippen LogP contribution in [0.4, 0.5) is 11.4 Å². The van der Waals surface area contributed by atoms with Gasteiger partial charge in [0.1, 0.15) is 22.9 Å². The van der Waals surface area contributed by atoms with E-state index >= 15 is 0 Å². The van der Waals surface area contributed by atoms with Gasteiger partial charge < -0.3 is 20.9 Å². The standard InChI is InChI=1S/C10H16N2O2/c1-3-13-7-5-6-8(14-4-2)10(12)9(7)11/h5-6H,3-4,11-12H2,1-2H3. The van der Waals surface area contributed by atoms with Crippen molar-refractivity contribution >= 4 is 11.4 Å². The second-order valence-electron chi connectivity index (χ2n) is 2.76. The predicted molar refractivity (Wildman–Crippen MR) is 57.6 cm³/mol. The van der Waals surface area contributed by atoms with E-state index in [9.17, 15) is 0 Å². The molecule has 78 valence electrons. The molecule has 0 bridgehead atoms. The zero-order valence-corrected chi connectivity index (χ0v) is 8.54. The van der Waals surface area contributed by atoms with E-state index in [2.05, 4.69) is 0 Å². The Kier molecular flexibility index (Phi) is 3.45. The summed E-state index contributed by atoms with van der Waals surface area (Å²) in [6, 6.07) is 3.53. The van der Waals surface area contributed by atoms with E-state index in [1.807, 2.05) is 13.8 Å². The number of benzene rings is 1. The van der Waals surface area contributed by atoms with Crippen LogP contribution in [-0.2, 0) is 0 Å². The number of hydrogen-bond donors (Lipinski definition) is 2. The molecule has 1 aromatic rings. The third kappa shape index (κ3) is 2.02. The first-order chi connectivity index (χ1) is 6.70. The summed E-state index contributed by atoms with van der Waals surface area (Å²) in [6.07, 6.45) is 0. The lowest BCUT2D eigenvalue weighted by Gasteiger charge is -2.12. The van der Waals surface area contributed by atoms with Crippen molar-refractivity contribution in [2.75, 3.05) is 24.7 Å². The van der Waals surface area contributed by atoms with Gasteiger partial charge in [-0.25, -0.2) is 0 Å². The van der Waals surface area contributed by atoms with Crippen LogP contribution >= 0.6 is 0 Å². The van der Waals surface area contributed by atoms with Crippen molar-refractivity contribution in [3.63, 3.8) is 0 Å². The summed E-state index contributed by atoms with van der Waals surface area (Å²) >= 11 is 0. The first kappa shape index (κ1) is 10.5. The molecule has 4 nitrogen and oxygen atoms in total. The molecule has 0 aliphatic rings. The monoisotopic (exact) mass is 196 g/mol. The summed E-state index contributed by atoms with van der Waals surface area (Å²) in [5.74, 6) is 1.21. The Balaban J connectivity index is 2.99. The van der Waals surface area contributed by atoms with Gasteiger partial charge in [0.25, 0.3) is 0 Å². The summed E-state index contributed by atoms with van der Waals surface area (Å²) in [4.78, 5) is 0. The highest BCUT2D eigenvalue weighted by Gasteiger charge is 2.08. The van der Waals surface area contributed by atoms with Gasteiger partial charge in [0, 0.05) is 0 Å². The van der Waals surface area contributed by atoms with Crippen molar-refractivity contribution in [2.45, 2.75) is 13.8 Å². The van der Waals surface area contributed by atoms with E-state index in [1.165, 1.54) is 0 Å². The molecule has 0 aromatic heterocycles. The Bertz CT molecular complexity index is 282. The van der Waals surface area contributed by atoms with Gasteiger partial charge in [-0.2, -0.15) is 0 Å². The van der Waals surface area contributed by atoms with Gasteiger partial charge in [-0.3, -0.25) is 0 Å². The quantitative estimate of drug-likeness (QED) is 0.718. The van der Waals surface area contributed by atoms with Crippen LogP contribution in [0, 0.1) is 0 Å². The molecule has 1 aromatic carbocycles. The molecule has 0 fully saturated rings. The number of hydrogen-bond acceptors (Lipinski definition) is 4. The number of ether oxygens (including phenoxy) is 2. The summed E-state index contributed by atoms with van der Waals surface area (Å²) < 4.78 is 10.6. The van der Waals surface area contributed by atoms with Crippen LogP contribution in [0.25, 0.3) is 0 Å². The van der Waals surface area contributed by atoms with Gasteiger partial charge in [-0.1, -0.05) is 0 Å². The van der Waals surface area contributed by atoms with Crippen LogP contribution in [0.1, 0.15) is 13.8 Å². The molecular weight excluding hydrogens is 180 g/mol. The molecule has 0 amide bonds. The average Bonchev–Trinajstić information content (AvgIpc) is 2.18. The van der Waals surface area contributed by atoms with Crippen molar-refractivity contribution in [3.8, 4) is 11.5 Å². The van der Waals surface area contributed by atoms with E-state index in [-0.39, 0.29) is 0 Å². The normalized spacial score (nSPS) is 9.86. The molecule has 0 spiro atoms. The minimum Gasteiger partial charge on any atom is -0.492 e. The second kappa shape index (κ2) is 4.60. The zero-order valence-electron chi connectivity index (χ0n) is 8.54. The van der Waals surface area contributed by atoms with Crippen molar-refractivity contribution in [1.82, 2.24) is 0 Å². The summed E-state index contributed by atoms with van der Waals surface area (Å²) in [7, 11) is 0. The van der Waals surface area contributed by atoms with E-state index in [4.69, 9.17) is 20.9 Å². The van der Waals surface area contributed by atoms with Crippen LogP contribution in [0.3, 0.4) is 0 Å². The lowest BCUT2D eigenvalue weighted by molar-refractivity contribution is 0.333. The summed E-state index contributed by atoms with van der Waals surface area (Å²) in [5.41, 5.74) is 12.4. The van der Waals surface area contributed by atoms with Gasteiger partial charge in [0.05, 0.1) is 13.2 Å². The maximum Gasteiger partial charge on any atom is 0.144 e. The van der Waals surface area contributed by atoms with Crippen LogP contribution in [0.15, 0.2) is 12.1 Å². The average molecular weight is 196 g/mol. The first-order valence-corrected chi connectivity index (χ1v) is 4.64. The molecule has 0 radical (unpaired) electrons. The molecule has 4 heteroatoms. The third-order valence-electron chi connectivity index (χ3n) is 1.81. The molecule has 0 atom stereocenters. The van der Waals surface area contributed by atoms with E-state index in [0.29, 0.717) is 36.1 Å². The van der Waals surface area contributed by atoms with Gasteiger partial charge in [-0.15, -0.1) is 0 Å². The Labute approximate surface area is 83.8 Å². The SMILES string of the molecule is CCOc1ccc(OCC)c(N)c1N. The van der Waals surface area contributed by atoms with E-state index in [1.54, 1.807) is 12.1 Å². The van der Waals surface area contributed by atoms with Crippen molar-refractivity contribution in [1.29, 1.82) is 0 Å². The number of anilines is 2. The third-order valence-corrected chi connectivity index (χ3v) is 1.81. The van der Waals surface area contributed by atoms with Crippen LogP contribution in [-0.4, -0.2) is 13.2 Å². The fraction of sp³-hybridized carbons (Fsp3) is 0.400. The highest BCUT2D eigenvalue weighted by molar-refractivity contribution is 5.76. The van der Waals surface area contributed by atoms with Gasteiger partial charge in [-0.05, 0) is 26.0 Å². The molecule has 0 aliphatic carbocycles. The van der Waals surface area contributed by atoms with Gasteiger partial charge >= 0.3 is 0 Å². The van der Waals surface area contributed by atoms with E-state index < -0.39 is 0 Å². The molecule has 14 heavy (non-hydrogen) atoms. The molecular formula is C10H16N2O2. The Morgan fingerprint density at radius 3 is 1.57 bits per heavy atom. The largest absolute Gasteiger partial charge is 0.492 e. The summed E-state index contributed by atoms with van der Waals surface area (Å²) in [5, 5.41) is 0. The lowest BCUT2D eigenvalue weighted by Crippen LogP contribution is -2.03. The second-order valence-corrected chi connectivity index (χ2v) is 2.76. The minimum atomic E-state index is 0.442. The van der Waals surface area contributed by atoms with Crippen LogP contribution < -0.4 is 20.9 Å². The fourth-order valence-corrected chi connectivity index (χ4v) is 1.16. The minimum absolute atomic E-state index is 0.442. The molecule has 1 rings (SSSR count). The first-order valence-electron chi connectivity index (χ1n) is 4.64. The van der Waals surface area contributed by atoms with Crippen LogP contribution in [0.2, 0.25) is 0 Å². The van der Waals surface area contributed by atoms with Crippen molar-refractivity contribution in [2.24, 2.45) is 0 Å². The maximum atomic E-state index is 5.77. The molecule has 0 unspecified atom stereocenters. The number of nitrogens with two attached hydrogens (primary N) is 2. The van der Waals surface area contributed by atoms with Gasteiger partial charge in [0.2, 0.25) is 0 Å². The molecule has 0 aliphatic heterocycles. The number of nitrogen functional groups attached to an aromatic ring is 2. The van der Waals surface area contributed by atoms with Crippen LogP contribution in [0.5, 0.6) is 11.5 Å². The number of rotatable bonds is 4. The Hall–Kier alpha value is -1.58. The van der Waals surface area contributed by atoms with Crippen molar-refractivity contribution < 1.29 is 9.47 Å². The van der Waals surface area contributed by atoms with E-state index in [0.717, 1.165) is 0 Å². The highest BCUT2D eigenvalue weighted by atomic mass is 16.5. The topological polar surface area (TPSA) is 70.5 Å². The molecule has 0 heterocycles. The predicted octanol–water partition coefficient (Wildman–Crippen LogP) is 1.65.